The van der Waals surface area contributed by atoms with Gasteiger partial charge in [0.15, 0.2) is 31.3 Å². The quantitative estimate of drug-likeness (QED) is 0.143. The molecule has 2 aromatic heterocycles. The lowest BCUT2D eigenvalue weighted by molar-refractivity contribution is 0.101. The van der Waals surface area contributed by atoms with Gasteiger partial charge < -0.3 is 29.6 Å². The largest absolute Gasteiger partial charge is 0.490 e. The van der Waals surface area contributed by atoms with Crippen molar-refractivity contribution in [3.63, 3.8) is 0 Å². The van der Waals surface area contributed by atoms with Crippen LogP contribution in [0.1, 0.15) is 53.1 Å². The van der Waals surface area contributed by atoms with Crippen LogP contribution in [0.25, 0.3) is 0 Å². The van der Waals surface area contributed by atoms with Gasteiger partial charge in [-0.2, -0.15) is 10.2 Å². The Kier molecular flexibility index (Phi) is 12.6. The molecule has 0 aliphatic carbocycles. The summed E-state index contributed by atoms with van der Waals surface area (Å²) >= 11 is 0. The van der Waals surface area contributed by atoms with Gasteiger partial charge in [0.25, 0.3) is 11.8 Å². The maximum atomic E-state index is 12.7. The molecule has 0 bridgehead atoms. The van der Waals surface area contributed by atoms with Crippen LogP contribution in [0.4, 0.5) is 11.6 Å². The summed E-state index contributed by atoms with van der Waals surface area (Å²) in [6.45, 7) is 3.89. The molecule has 0 saturated carbocycles. The van der Waals surface area contributed by atoms with Crippen LogP contribution in [0.5, 0.6) is 34.5 Å². The summed E-state index contributed by atoms with van der Waals surface area (Å²) in [5, 5.41) is 13.8. The average molecular weight is 871 g/mol. The highest BCUT2D eigenvalue weighted by atomic mass is 32.2. The van der Waals surface area contributed by atoms with E-state index < -0.39 is 19.7 Å². The second kappa shape index (κ2) is 17.5. The third-order valence-corrected chi connectivity index (χ3v) is 11.6. The first kappa shape index (κ1) is 43.9. The molecule has 0 spiro atoms. The van der Waals surface area contributed by atoms with Crippen LogP contribution in [0.15, 0.2) is 107 Å². The Labute approximate surface area is 354 Å². The highest BCUT2D eigenvalue weighted by Gasteiger charge is 2.28. The van der Waals surface area contributed by atoms with Gasteiger partial charge in [-0.1, -0.05) is 7.43 Å². The van der Waals surface area contributed by atoms with Crippen molar-refractivity contribution in [3.8, 4) is 34.5 Å². The topological polar surface area (TPSA) is 199 Å². The van der Waals surface area contributed by atoms with Crippen LogP contribution < -0.4 is 29.6 Å². The normalized spacial score (nSPS) is 15.1. The van der Waals surface area contributed by atoms with Crippen LogP contribution in [0.2, 0.25) is 0 Å². The van der Waals surface area contributed by atoms with E-state index in [-0.39, 0.29) is 41.2 Å². The van der Waals surface area contributed by atoms with Crippen molar-refractivity contribution in [1.82, 2.24) is 19.6 Å². The predicted octanol–water partition coefficient (Wildman–Crippen LogP) is 7.02. The van der Waals surface area contributed by atoms with Crippen LogP contribution in [-0.2, 0) is 46.6 Å². The highest BCUT2D eigenvalue weighted by Crippen LogP contribution is 2.41. The molecule has 8 rings (SSSR count). The van der Waals surface area contributed by atoms with Crippen molar-refractivity contribution in [3.05, 3.63) is 120 Å². The minimum Gasteiger partial charge on any atom is -0.490 e. The van der Waals surface area contributed by atoms with Crippen molar-refractivity contribution in [2.45, 2.75) is 56.1 Å². The molecular weight excluding hydrogens is 825 g/mol. The van der Waals surface area contributed by atoms with E-state index in [1.54, 1.807) is 96.5 Å². The monoisotopic (exact) mass is 870 g/mol. The number of hydrogen-bond acceptors (Lipinski definition) is 12. The zero-order valence-electron chi connectivity index (χ0n) is 33.5. The van der Waals surface area contributed by atoms with Crippen molar-refractivity contribution >= 4 is 43.1 Å². The van der Waals surface area contributed by atoms with Gasteiger partial charge in [0, 0.05) is 86.2 Å². The van der Waals surface area contributed by atoms with E-state index in [2.05, 4.69) is 20.8 Å². The Hall–Kier alpha value is -6.66. The maximum absolute atomic E-state index is 12.7. The molecule has 0 saturated heterocycles. The fourth-order valence-corrected chi connectivity index (χ4v) is 7.75. The second-order valence-corrected chi connectivity index (χ2v) is 18.5. The first-order chi connectivity index (χ1) is 28.4. The highest BCUT2D eigenvalue weighted by molar-refractivity contribution is 7.91. The first-order valence-corrected chi connectivity index (χ1v) is 22.4. The molecule has 2 amide bonds. The number of anilines is 2. The fraction of sp³-hybridized carbons (Fsp3) is 0.256. The van der Waals surface area contributed by atoms with Gasteiger partial charge in [-0.25, -0.2) is 16.8 Å². The van der Waals surface area contributed by atoms with E-state index in [0.717, 1.165) is 23.6 Å². The van der Waals surface area contributed by atoms with E-state index in [1.165, 1.54) is 24.3 Å². The van der Waals surface area contributed by atoms with E-state index in [1.807, 2.05) is 13.8 Å². The Morgan fingerprint density at radius 2 is 0.984 bits per heavy atom. The number of nitrogens with one attached hydrogen (secondary N) is 2. The summed E-state index contributed by atoms with van der Waals surface area (Å²) in [6.07, 6.45) is 6.99. The Morgan fingerprint density at radius 1 is 0.623 bits per heavy atom. The van der Waals surface area contributed by atoms with Crippen molar-refractivity contribution in [1.29, 1.82) is 0 Å². The average Bonchev–Trinajstić information content (AvgIpc) is 3.98. The number of nitrogens with zero attached hydrogens (tertiary/aromatic N) is 4. The van der Waals surface area contributed by atoms with Gasteiger partial charge in [-0.15, -0.1) is 0 Å². The number of rotatable bonds is 10. The van der Waals surface area contributed by atoms with Crippen LogP contribution >= 0.6 is 0 Å². The molecule has 4 aromatic carbocycles. The van der Waals surface area contributed by atoms with Gasteiger partial charge in [-0.05, 0) is 86.6 Å². The number of amides is 2. The van der Waals surface area contributed by atoms with Crippen molar-refractivity contribution in [2.75, 3.05) is 23.1 Å². The lowest BCUT2D eigenvalue weighted by Gasteiger charge is -2.12. The zero-order chi connectivity index (χ0) is 42.9. The predicted molar refractivity (Wildman–Crippen MR) is 229 cm³/mol. The third-order valence-electron chi connectivity index (χ3n) is 9.37. The van der Waals surface area contributed by atoms with Crippen LogP contribution in [-0.4, -0.2) is 72.9 Å². The number of carbonyl (C=O) groups excluding carboxylic acids is 2. The smallest absolute Gasteiger partial charge is 0.257 e. The summed E-state index contributed by atoms with van der Waals surface area (Å²) in [4.78, 5) is 25.9. The van der Waals surface area contributed by atoms with Crippen molar-refractivity contribution < 1.29 is 45.4 Å². The number of sulfone groups is 2. The minimum atomic E-state index is -3.29. The van der Waals surface area contributed by atoms with Crippen molar-refractivity contribution in [2.24, 2.45) is 14.1 Å². The molecule has 0 radical (unpaired) electrons. The minimum absolute atomic E-state index is 0. The Balaban J connectivity index is 0.000000201. The van der Waals surface area contributed by atoms with Gasteiger partial charge in [-0.3, -0.25) is 19.0 Å². The molecule has 320 valence electrons. The molecule has 0 fully saturated rings. The molecule has 6 aromatic rings. The zero-order valence-corrected chi connectivity index (χ0v) is 35.1. The van der Waals surface area contributed by atoms with E-state index >= 15 is 0 Å². The summed E-state index contributed by atoms with van der Waals surface area (Å²) in [7, 11) is -3.05. The van der Waals surface area contributed by atoms with E-state index in [0.29, 0.717) is 70.1 Å². The van der Waals surface area contributed by atoms with E-state index in [9.17, 15) is 26.4 Å². The second-order valence-electron chi connectivity index (χ2n) is 14.5. The lowest BCUT2D eigenvalue weighted by atomic mass is 10.1. The van der Waals surface area contributed by atoms with E-state index in [4.69, 9.17) is 18.9 Å². The molecule has 61 heavy (non-hydrogen) atoms. The summed E-state index contributed by atoms with van der Waals surface area (Å²) in [5.74, 6) is 3.32. The van der Waals surface area contributed by atoms with Crippen LogP contribution in [0, 0.1) is 0 Å². The number of hydrogen-bond donors (Lipinski definition) is 2. The molecule has 2 aliphatic heterocycles. The van der Waals surface area contributed by atoms with Crippen LogP contribution in [0.3, 0.4) is 0 Å². The Bertz CT molecular complexity index is 2630. The number of aromatic nitrogens is 4. The number of benzene rings is 4. The summed E-state index contributed by atoms with van der Waals surface area (Å²) in [6, 6.07) is 22.4. The molecular formula is C43H46N6O10S2. The number of fused-ring (bicyclic) bond motifs is 2. The Morgan fingerprint density at radius 3 is 1.30 bits per heavy atom. The molecule has 2 N–H and O–H groups in total. The molecule has 2 aliphatic rings. The standard InChI is InChI=1S/2C21H21N3O5S.CH4/c2*1-13-10-17-18(28-13)11-14(21(25)22-20-8-9-24(2)23-20)12-19(17)29-15-4-6-16(7-5-15)30(3,26)27;/h2*4-9,11-13H,10H2,1-3H3,(H,22,23,25);1H4. The lowest BCUT2D eigenvalue weighted by Crippen LogP contribution is -2.13. The molecule has 2 atom stereocenters. The fourth-order valence-electron chi connectivity index (χ4n) is 6.49. The van der Waals surface area contributed by atoms with Gasteiger partial charge in [0.2, 0.25) is 0 Å². The van der Waals surface area contributed by atoms with Gasteiger partial charge in [0.05, 0.1) is 9.79 Å². The first-order valence-electron chi connectivity index (χ1n) is 18.6. The van der Waals surface area contributed by atoms with Gasteiger partial charge in [0.1, 0.15) is 46.7 Å². The maximum Gasteiger partial charge on any atom is 0.257 e. The molecule has 16 nitrogen and oxygen atoms in total. The number of ether oxygens (including phenoxy) is 4. The molecule has 18 heteroatoms. The summed E-state index contributed by atoms with van der Waals surface area (Å²) < 4.78 is 73.5. The molecule has 2 unspecified atom stereocenters. The number of aryl methyl sites for hydroxylation is 2. The number of carbonyl (C=O) groups is 2. The summed E-state index contributed by atoms with van der Waals surface area (Å²) in [5.41, 5.74) is 2.47. The molecule has 4 heterocycles. The SMILES string of the molecule is C.CC1Cc2c(Oc3ccc(S(C)(=O)=O)cc3)cc(C(=O)Nc3ccn(C)n3)cc2O1.CC1Cc2c(Oc3ccc(S(C)(=O)=O)cc3)cc(C(=O)Nc3ccn(C)n3)cc2O1. The van der Waals surface area contributed by atoms with Gasteiger partial charge >= 0.3 is 0 Å². The third kappa shape index (κ3) is 10.6.